The number of carbonyl (C=O) groups is 1. The maximum Gasteiger partial charge on any atom is 0.338 e. The zero-order valence-electron chi connectivity index (χ0n) is 7.48. The Morgan fingerprint density at radius 3 is 2.87 bits per heavy atom. The monoisotopic (exact) mass is 218 g/mol. The van der Waals surface area contributed by atoms with Crippen molar-refractivity contribution in [1.29, 1.82) is 0 Å². The van der Waals surface area contributed by atoms with E-state index in [9.17, 15) is 13.6 Å². The number of hydrogen-bond donors (Lipinski definition) is 2. The van der Waals surface area contributed by atoms with Crippen LogP contribution in [0.5, 0.6) is 5.88 Å². The van der Waals surface area contributed by atoms with Gasteiger partial charge in [-0.3, -0.25) is 0 Å². The third kappa shape index (κ3) is 3.04. The van der Waals surface area contributed by atoms with Gasteiger partial charge in [-0.25, -0.2) is 18.6 Å². The zero-order valence-corrected chi connectivity index (χ0v) is 7.48. The van der Waals surface area contributed by atoms with E-state index in [2.05, 4.69) is 9.72 Å². The van der Waals surface area contributed by atoms with Crippen LogP contribution < -0.4 is 10.5 Å². The van der Waals surface area contributed by atoms with Crippen LogP contribution in [0.15, 0.2) is 12.3 Å². The standard InChI is InChI=1S/C8H8F2N2O3/c9-6(10)3-15-7-1-4(8(13)14)5(11)2-12-7/h1-2,6H,3,11H2,(H,13,14). The van der Waals surface area contributed by atoms with E-state index in [1.807, 2.05) is 0 Å². The number of anilines is 1. The Labute approximate surface area is 83.5 Å². The molecule has 0 aromatic carbocycles. The number of carboxylic acid groups (broad SMARTS) is 1. The minimum atomic E-state index is -2.64. The number of aromatic carboxylic acids is 1. The minimum absolute atomic E-state index is 0.0492. The van der Waals surface area contributed by atoms with Crippen LogP contribution in [0.4, 0.5) is 14.5 Å². The lowest BCUT2D eigenvalue weighted by Crippen LogP contribution is -2.10. The highest BCUT2D eigenvalue weighted by Gasteiger charge is 2.11. The molecule has 0 radical (unpaired) electrons. The molecular weight excluding hydrogens is 210 g/mol. The van der Waals surface area contributed by atoms with Crippen LogP contribution in [0.2, 0.25) is 0 Å². The molecule has 0 aliphatic carbocycles. The Morgan fingerprint density at radius 2 is 2.33 bits per heavy atom. The summed E-state index contributed by atoms with van der Waals surface area (Å²) in [5.41, 5.74) is 5.02. The van der Waals surface area contributed by atoms with Gasteiger partial charge in [-0.1, -0.05) is 0 Å². The lowest BCUT2D eigenvalue weighted by atomic mass is 10.2. The summed E-state index contributed by atoms with van der Waals surface area (Å²) < 4.78 is 28.1. The minimum Gasteiger partial charge on any atom is -0.478 e. The maximum atomic E-state index is 11.8. The molecule has 0 amide bonds. The molecule has 1 rings (SSSR count). The van der Waals surface area contributed by atoms with Gasteiger partial charge in [0.15, 0.2) is 6.61 Å². The number of alkyl halides is 2. The fourth-order valence-corrected chi connectivity index (χ4v) is 0.859. The second-order valence-electron chi connectivity index (χ2n) is 2.62. The molecule has 1 heterocycles. The first-order valence-electron chi connectivity index (χ1n) is 3.90. The van der Waals surface area contributed by atoms with E-state index in [0.29, 0.717) is 0 Å². The molecule has 0 unspecified atom stereocenters. The average molecular weight is 218 g/mol. The molecule has 0 bridgehead atoms. The number of aromatic nitrogens is 1. The van der Waals surface area contributed by atoms with Gasteiger partial charge in [-0.05, 0) is 0 Å². The first-order chi connectivity index (χ1) is 7.00. The van der Waals surface area contributed by atoms with Crippen LogP contribution in [-0.2, 0) is 0 Å². The van der Waals surface area contributed by atoms with Crippen molar-refractivity contribution in [3.63, 3.8) is 0 Å². The highest BCUT2D eigenvalue weighted by molar-refractivity contribution is 5.93. The summed E-state index contributed by atoms with van der Waals surface area (Å²) >= 11 is 0. The van der Waals surface area contributed by atoms with Crippen molar-refractivity contribution < 1.29 is 23.4 Å². The first kappa shape index (κ1) is 11.2. The molecule has 0 saturated carbocycles. The Bertz CT molecular complexity index is 371. The normalized spacial score (nSPS) is 10.3. The van der Waals surface area contributed by atoms with Crippen molar-refractivity contribution in [2.75, 3.05) is 12.3 Å². The summed E-state index contributed by atoms with van der Waals surface area (Å²) in [6, 6.07) is 1.00. The van der Waals surface area contributed by atoms with Crippen LogP contribution in [0.3, 0.4) is 0 Å². The summed E-state index contributed by atoms with van der Waals surface area (Å²) in [6.45, 7) is -0.837. The van der Waals surface area contributed by atoms with E-state index in [1.54, 1.807) is 0 Å². The molecule has 0 atom stereocenters. The van der Waals surface area contributed by atoms with E-state index in [4.69, 9.17) is 10.8 Å². The van der Waals surface area contributed by atoms with Crippen LogP contribution in [0, 0.1) is 0 Å². The average Bonchev–Trinajstić information content (AvgIpc) is 2.16. The number of halogens is 2. The molecule has 15 heavy (non-hydrogen) atoms. The smallest absolute Gasteiger partial charge is 0.338 e. The van der Waals surface area contributed by atoms with Crippen molar-refractivity contribution in [2.24, 2.45) is 0 Å². The summed E-state index contributed by atoms with van der Waals surface area (Å²) in [7, 11) is 0. The predicted octanol–water partition coefficient (Wildman–Crippen LogP) is 1.01. The number of hydrogen-bond acceptors (Lipinski definition) is 4. The number of nitrogens with zero attached hydrogens (tertiary/aromatic N) is 1. The number of rotatable bonds is 4. The molecule has 3 N–H and O–H groups in total. The third-order valence-electron chi connectivity index (χ3n) is 1.50. The summed E-state index contributed by atoms with van der Waals surface area (Å²) in [5, 5.41) is 8.66. The Morgan fingerprint density at radius 1 is 1.67 bits per heavy atom. The quantitative estimate of drug-likeness (QED) is 0.787. The molecule has 7 heteroatoms. The van der Waals surface area contributed by atoms with Crippen molar-refractivity contribution in [2.45, 2.75) is 6.43 Å². The van der Waals surface area contributed by atoms with E-state index in [1.165, 1.54) is 0 Å². The molecule has 1 aromatic heterocycles. The van der Waals surface area contributed by atoms with Crippen molar-refractivity contribution in [3.8, 4) is 5.88 Å². The van der Waals surface area contributed by atoms with Crippen LogP contribution in [0.1, 0.15) is 10.4 Å². The highest BCUT2D eigenvalue weighted by Crippen LogP contribution is 2.16. The van der Waals surface area contributed by atoms with Gasteiger partial charge in [-0.15, -0.1) is 0 Å². The predicted molar refractivity (Wildman–Crippen MR) is 47.1 cm³/mol. The Balaban J connectivity index is 2.83. The molecular formula is C8H8F2N2O3. The van der Waals surface area contributed by atoms with Crippen molar-refractivity contribution in [3.05, 3.63) is 17.8 Å². The Kier molecular flexibility index (Phi) is 3.37. The van der Waals surface area contributed by atoms with Gasteiger partial charge in [0.2, 0.25) is 5.88 Å². The number of nitrogen functional groups attached to an aromatic ring is 1. The SMILES string of the molecule is Nc1cnc(OCC(F)F)cc1C(=O)O. The lowest BCUT2D eigenvalue weighted by molar-refractivity contribution is 0.0695. The molecule has 0 spiro atoms. The summed E-state index contributed by atoms with van der Waals surface area (Å²) in [4.78, 5) is 14.2. The molecule has 82 valence electrons. The molecule has 0 fully saturated rings. The van der Waals surface area contributed by atoms with E-state index in [0.717, 1.165) is 12.3 Å². The summed E-state index contributed by atoms with van der Waals surface area (Å²) in [5.74, 6) is -1.46. The maximum absolute atomic E-state index is 11.8. The van der Waals surface area contributed by atoms with Gasteiger partial charge >= 0.3 is 5.97 Å². The molecule has 0 saturated heterocycles. The van der Waals surface area contributed by atoms with Gasteiger partial charge in [-0.2, -0.15) is 0 Å². The zero-order chi connectivity index (χ0) is 11.4. The molecule has 5 nitrogen and oxygen atoms in total. The highest BCUT2D eigenvalue weighted by atomic mass is 19.3. The lowest BCUT2D eigenvalue weighted by Gasteiger charge is -2.06. The van der Waals surface area contributed by atoms with Gasteiger partial charge in [0, 0.05) is 6.07 Å². The van der Waals surface area contributed by atoms with Gasteiger partial charge in [0.25, 0.3) is 6.43 Å². The van der Waals surface area contributed by atoms with Gasteiger partial charge in [0.1, 0.15) is 0 Å². The molecule has 1 aromatic rings. The Hall–Kier alpha value is -1.92. The fourth-order valence-electron chi connectivity index (χ4n) is 0.859. The second-order valence-corrected chi connectivity index (χ2v) is 2.62. The second kappa shape index (κ2) is 4.54. The van der Waals surface area contributed by atoms with Gasteiger partial charge in [0.05, 0.1) is 17.4 Å². The number of carboxylic acids is 1. The molecule has 0 aliphatic rings. The van der Waals surface area contributed by atoms with E-state index < -0.39 is 19.0 Å². The largest absolute Gasteiger partial charge is 0.478 e. The number of pyridine rings is 1. The molecule has 0 aliphatic heterocycles. The summed E-state index contributed by atoms with van der Waals surface area (Å²) in [6.07, 6.45) is -1.60. The van der Waals surface area contributed by atoms with Crippen molar-refractivity contribution >= 4 is 11.7 Å². The van der Waals surface area contributed by atoms with Gasteiger partial charge < -0.3 is 15.6 Å². The fraction of sp³-hybridized carbons (Fsp3) is 0.250. The number of ether oxygens (including phenoxy) is 1. The van der Waals surface area contributed by atoms with Crippen LogP contribution >= 0.6 is 0 Å². The van der Waals surface area contributed by atoms with E-state index >= 15 is 0 Å². The number of nitrogens with two attached hydrogens (primary N) is 1. The topological polar surface area (TPSA) is 85.4 Å². The van der Waals surface area contributed by atoms with Crippen LogP contribution in [-0.4, -0.2) is 29.1 Å². The van der Waals surface area contributed by atoms with Crippen molar-refractivity contribution in [1.82, 2.24) is 4.98 Å². The first-order valence-corrected chi connectivity index (χ1v) is 3.90. The van der Waals surface area contributed by atoms with E-state index in [-0.39, 0.29) is 17.1 Å². The van der Waals surface area contributed by atoms with Crippen LogP contribution in [0.25, 0.3) is 0 Å². The third-order valence-corrected chi connectivity index (χ3v) is 1.50.